The van der Waals surface area contributed by atoms with Gasteiger partial charge in [0.1, 0.15) is 6.61 Å². The summed E-state index contributed by atoms with van der Waals surface area (Å²) in [6.07, 6.45) is 0. The summed E-state index contributed by atoms with van der Waals surface area (Å²) in [5.41, 5.74) is 0.203. The fraction of sp³-hybridized carbons (Fsp3) is 0.0909. The van der Waals surface area contributed by atoms with Gasteiger partial charge in [-0.1, -0.05) is 18.1 Å². The highest BCUT2D eigenvalue weighted by Crippen LogP contribution is 2.21. The SMILES string of the molecule is OCC#Cc1cc2cccc(F)c2o1. The first-order chi connectivity index (χ1) is 6.81. The smallest absolute Gasteiger partial charge is 0.178 e. The molecule has 0 spiro atoms. The Balaban J connectivity index is 2.57. The van der Waals surface area contributed by atoms with Crippen molar-refractivity contribution in [3.63, 3.8) is 0 Å². The van der Waals surface area contributed by atoms with Crippen LogP contribution < -0.4 is 0 Å². The molecule has 0 aliphatic heterocycles. The average Bonchev–Trinajstić information content (AvgIpc) is 2.59. The topological polar surface area (TPSA) is 33.4 Å². The molecule has 14 heavy (non-hydrogen) atoms. The summed E-state index contributed by atoms with van der Waals surface area (Å²) in [6, 6.07) is 6.32. The van der Waals surface area contributed by atoms with E-state index in [2.05, 4.69) is 11.8 Å². The molecule has 0 saturated heterocycles. The molecule has 0 radical (unpaired) electrons. The number of benzene rings is 1. The van der Waals surface area contributed by atoms with Gasteiger partial charge >= 0.3 is 0 Å². The minimum Gasteiger partial charge on any atom is -0.445 e. The second kappa shape index (κ2) is 3.52. The van der Waals surface area contributed by atoms with Gasteiger partial charge < -0.3 is 9.52 Å². The van der Waals surface area contributed by atoms with Gasteiger partial charge in [-0.2, -0.15) is 0 Å². The number of rotatable bonds is 0. The van der Waals surface area contributed by atoms with Crippen LogP contribution in [0.3, 0.4) is 0 Å². The number of hydrogen-bond donors (Lipinski definition) is 1. The molecule has 2 rings (SSSR count). The zero-order valence-electron chi connectivity index (χ0n) is 7.25. The van der Waals surface area contributed by atoms with Gasteiger partial charge in [0.05, 0.1) is 0 Å². The second-order valence-electron chi connectivity index (χ2n) is 2.73. The predicted octanol–water partition coefficient (Wildman–Crippen LogP) is 1.92. The van der Waals surface area contributed by atoms with Crippen LogP contribution in [-0.2, 0) is 0 Å². The van der Waals surface area contributed by atoms with E-state index < -0.39 is 5.82 Å². The van der Waals surface area contributed by atoms with Gasteiger partial charge in [0, 0.05) is 11.5 Å². The number of para-hydroxylation sites is 1. The van der Waals surface area contributed by atoms with E-state index in [1.807, 2.05) is 0 Å². The van der Waals surface area contributed by atoms with Gasteiger partial charge in [-0.25, -0.2) is 4.39 Å². The normalized spacial score (nSPS) is 9.86. The van der Waals surface area contributed by atoms with Crippen molar-refractivity contribution in [2.45, 2.75) is 0 Å². The molecule has 1 heterocycles. The number of aliphatic hydroxyl groups excluding tert-OH is 1. The van der Waals surface area contributed by atoms with Crippen molar-refractivity contribution in [2.24, 2.45) is 0 Å². The van der Waals surface area contributed by atoms with E-state index in [1.165, 1.54) is 6.07 Å². The van der Waals surface area contributed by atoms with Crippen molar-refractivity contribution in [1.82, 2.24) is 0 Å². The van der Waals surface area contributed by atoms with Crippen LogP contribution in [0.25, 0.3) is 11.0 Å². The molecule has 0 aliphatic carbocycles. The Bertz CT molecular complexity index is 517. The van der Waals surface area contributed by atoms with Crippen molar-refractivity contribution in [1.29, 1.82) is 0 Å². The van der Waals surface area contributed by atoms with Crippen LogP contribution in [0.5, 0.6) is 0 Å². The zero-order chi connectivity index (χ0) is 9.97. The minimum atomic E-state index is -0.403. The molecule has 2 aromatic rings. The van der Waals surface area contributed by atoms with Crippen LogP contribution in [0.2, 0.25) is 0 Å². The van der Waals surface area contributed by atoms with Crippen LogP contribution in [0.1, 0.15) is 5.76 Å². The quantitative estimate of drug-likeness (QED) is 0.644. The number of aliphatic hydroxyl groups is 1. The molecule has 0 saturated carbocycles. The van der Waals surface area contributed by atoms with E-state index in [9.17, 15) is 4.39 Å². The largest absolute Gasteiger partial charge is 0.445 e. The molecule has 0 amide bonds. The summed E-state index contributed by atoms with van der Waals surface area (Å²) in [5.74, 6) is 4.97. The minimum absolute atomic E-state index is 0.203. The summed E-state index contributed by atoms with van der Waals surface area (Å²) in [6.45, 7) is -0.237. The van der Waals surface area contributed by atoms with Crippen molar-refractivity contribution in [2.75, 3.05) is 6.61 Å². The van der Waals surface area contributed by atoms with Gasteiger partial charge in [0.2, 0.25) is 0 Å². The Hall–Kier alpha value is -1.79. The van der Waals surface area contributed by atoms with E-state index in [4.69, 9.17) is 9.52 Å². The number of hydrogen-bond acceptors (Lipinski definition) is 2. The lowest BCUT2D eigenvalue weighted by Crippen LogP contribution is -1.72. The molecule has 0 aliphatic rings. The molecular weight excluding hydrogens is 183 g/mol. The standard InChI is InChI=1S/C11H7FO2/c12-10-5-1-3-8-7-9(4-2-6-13)14-11(8)10/h1,3,5,7,13H,6H2. The first-order valence-corrected chi connectivity index (χ1v) is 4.09. The van der Waals surface area contributed by atoms with Gasteiger partial charge in [-0.05, 0) is 12.0 Å². The predicted molar refractivity (Wildman–Crippen MR) is 50.1 cm³/mol. The van der Waals surface area contributed by atoms with Crippen molar-refractivity contribution < 1.29 is 13.9 Å². The van der Waals surface area contributed by atoms with Gasteiger partial charge in [-0.3, -0.25) is 0 Å². The van der Waals surface area contributed by atoms with Gasteiger partial charge in [0.15, 0.2) is 17.2 Å². The molecule has 70 valence electrons. The maximum Gasteiger partial charge on any atom is 0.178 e. The van der Waals surface area contributed by atoms with E-state index in [0.717, 1.165) is 0 Å². The summed E-state index contributed by atoms with van der Waals surface area (Å²) < 4.78 is 18.3. The van der Waals surface area contributed by atoms with Crippen LogP contribution >= 0.6 is 0 Å². The molecule has 2 nitrogen and oxygen atoms in total. The summed E-state index contributed by atoms with van der Waals surface area (Å²) >= 11 is 0. The Morgan fingerprint density at radius 2 is 2.29 bits per heavy atom. The maximum atomic E-state index is 13.1. The Kier molecular flexibility index (Phi) is 2.21. The van der Waals surface area contributed by atoms with Crippen molar-refractivity contribution >= 4 is 11.0 Å². The third-order valence-corrected chi connectivity index (χ3v) is 1.79. The molecule has 1 N–H and O–H groups in total. The molecule has 0 unspecified atom stereocenters. The fourth-order valence-electron chi connectivity index (χ4n) is 1.22. The second-order valence-corrected chi connectivity index (χ2v) is 2.73. The van der Waals surface area contributed by atoms with E-state index in [1.54, 1.807) is 18.2 Å². The Morgan fingerprint density at radius 3 is 3.00 bits per heavy atom. The molecule has 0 bridgehead atoms. The number of halogens is 1. The van der Waals surface area contributed by atoms with Gasteiger partial charge in [0.25, 0.3) is 0 Å². The molecule has 0 fully saturated rings. The summed E-state index contributed by atoms with van der Waals surface area (Å²) in [4.78, 5) is 0. The van der Waals surface area contributed by atoms with Gasteiger partial charge in [-0.15, -0.1) is 0 Å². The third-order valence-electron chi connectivity index (χ3n) is 1.79. The highest BCUT2D eigenvalue weighted by molar-refractivity contribution is 5.79. The fourth-order valence-corrected chi connectivity index (χ4v) is 1.22. The number of furan rings is 1. The van der Waals surface area contributed by atoms with Crippen LogP contribution in [0.4, 0.5) is 4.39 Å². The molecule has 0 atom stereocenters. The number of fused-ring (bicyclic) bond motifs is 1. The third kappa shape index (κ3) is 1.48. The maximum absolute atomic E-state index is 13.1. The van der Waals surface area contributed by atoms with E-state index in [0.29, 0.717) is 11.1 Å². The molecule has 1 aromatic carbocycles. The van der Waals surface area contributed by atoms with Crippen molar-refractivity contribution in [3.8, 4) is 11.8 Å². The first kappa shape index (κ1) is 8.79. The lowest BCUT2D eigenvalue weighted by Gasteiger charge is -1.87. The Morgan fingerprint density at radius 1 is 1.43 bits per heavy atom. The highest BCUT2D eigenvalue weighted by Gasteiger charge is 2.05. The first-order valence-electron chi connectivity index (χ1n) is 4.09. The zero-order valence-corrected chi connectivity index (χ0v) is 7.25. The van der Waals surface area contributed by atoms with Crippen molar-refractivity contribution in [3.05, 3.63) is 35.8 Å². The molecule has 3 heteroatoms. The summed E-state index contributed by atoms with van der Waals surface area (Å²) in [5, 5.41) is 9.14. The van der Waals surface area contributed by atoms with Crippen LogP contribution in [0, 0.1) is 17.7 Å². The lowest BCUT2D eigenvalue weighted by atomic mass is 10.2. The molecule has 1 aromatic heterocycles. The Labute approximate surface area is 80.0 Å². The van der Waals surface area contributed by atoms with Crippen LogP contribution in [-0.4, -0.2) is 11.7 Å². The van der Waals surface area contributed by atoms with Crippen LogP contribution in [0.15, 0.2) is 28.7 Å². The molecular formula is C11H7FO2. The highest BCUT2D eigenvalue weighted by atomic mass is 19.1. The summed E-state index contributed by atoms with van der Waals surface area (Å²) in [7, 11) is 0. The van der Waals surface area contributed by atoms with E-state index >= 15 is 0 Å². The average molecular weight is 190 g/mol. The van der Waals surface area contributed by atoms with E-state index in [-0.39, 0.29) is 12.2 Å². The lowest BCUT2D eigenvalue weighted by molar-refractivity contribution is 0.350. The monoisotopic (exact) mass is 190 g/mol.